The van der Waals surface area contributed by atoms with Gasteiger partial charge in [0.15, 0.2) is 0 Å². The van der Waals surface area contributed by atoms with Crippen LogP contribution < -0.4 is 10.0 Å². The van der Waals surface area contributed by atoms with E-state index in [1.807, 2.05) is 13.8 Å². The summed E-state index contributed by atoms with van der Waals surface area (Å²) in [7, 11) is -3.69. The minimum atomic E-state index is -3.69. The van der Waals surface area contributed by atoms with E-state index in [0.717, 1.165) is 6.54 Å². The van der Waals surface area contributed by atoms with Gasteiger partial charge in [0, 0.05) is 24.7 Å². The number of likely N-dealkylation sites (N-methyl/N-ethyl adjacent to an activating group) is 1. The predicted octanol–water partition coefficient (Wildman–Crippen LogP) is 1.49. The molecule has 1 atom stereocenters. The van der Waals surface area contributed by atoms with Gasteiger partial charge in [-0.1, -0.05) is 6.92 Å². The smallest absolute Gasteiger partial charge is 0.270 e. The lowest BCUT2D eigenvalue weighted by Gasteiger charge is -2.15. The van der Waals surface area contributed by atoms with Crippen LogP contribution in [0.25, 0.3) is 0 Å². The van der Waals surface area contributed by atoms with Gasteiger partial charge in [0.2, 0.25) is 10.0 Å². The molecule has 118 valence electrons. The third-order valence-electron chi connectivity index (χ3n) is 3.06. The van der Waals surface area contributed by atoms with E-state index in [0.29, 0.717) is 11.1 Å². The second-order valence-corrected chi connectivity index (χ2v) is 6.68. The first-order valence-corrected chi connectivity index (χ1v) is 8.16. The van der Waals surface area contributed by atoms with E-state index in [1.165, 1.54) is 12.1 Å². The Kier molecular flexibility index (Phi) is 5.82. The molecule has 0 aliphatic rings. The normalized spacial score (nSPS) is 13.1. The molecule has 1 rings (SSSR count). The highest BCUT2D eigenvalue weighted by Crippen LogP contribution is 2.25. The zero-order valence-corrected chi connectivity index (χ0v) is 13.5. The van der Waals surface area contributed by atoms with Crippen molar-refractivity contribution in [3.8, 4) is 0 Å². The minimum absolute atomic E-state index is 0.00318. The summed E-state index contributed by atoms with van der Waals surface area (Å²) in [5.74, 6) is 0. The number of aryl methyl sites for hydroxylation is 2. The number of nitrogens with zero attached hydrogens (tertiary/aromatic N) is 1. The average Bonchev–Trinajstić information content (AvgIpc) is 2.35. The zero-order chi connectivity index (χ0) is 16.2. The molecule has 0 bridgehead atoms. The Bertz CT molecular complexity index is 605. The second kappa shape index (κ2) is 6.97. The standard InChI is InChI=1S/C13H21N3O4S/c1-5-14-11(4)8-15-21(19,20)13-9(2)6-12(16(17)18)7-10(13)3/h6-7,11,14-15H,5,8H2,1-4H3/t11-/m1/s1. The van der Waals surface area contributed by atoms with Gasteiger partial charge in [0.25, 0.3) is 5.69 Å². The highest BCUT2D eigenvalue weighted by Gasteiger charge is 2.22. The third kappa shape index (κ3) is 4.48. The van der Waals surface area contributed by atoms with Gasteiger partial charge in [-0.15, -0.1) is 0 Å². The lowest BCUT2D eigenvalue weighted by atomic mass is 10.1. The fourth-order valence-electron chi connectivity index (χ4n) is 2.18. The van der Waals surface area contributed by atoms with E-state index in [2.05, 4.69) is 10.0 Å². The maximum Gasteiger partial charge on any atom is 0.270 e. The molecule has 2 N–H and O–H groups in total. The van der Waals surface area contributed by atoms with Crippen molar-refractivity contribution < 1.29 is 13.3 Å². The van der Waals surface area contributed by atoms with Crippen molar-refractivity contribution in [2.75, 3.05) is 13.1 Å². The van der Waals surface area contributed by atoms with Crippen LogP contribution >= 0.6 is 0 Å². The van der Waals surface area contributed by atoms with Gasteiger partial charge in [-0.25, -0.2) is 13.1 Å². The zero-order valence-electron chi connectivity index (χ0n) is 12.6. The van der Waals surface area contributed by atoms with Crippen LogP contribution in [-0.4, -0.2) is 32.5 Å². The summed E-state index contributed by atoms with van der Waals surface area (Å²) in [5, 5.41) is 13.9. The van der Waals surface area contributed by atoms with Crippen LogP contribution in [0, 0.1) is 24.0 Å². The Hall–Kier alpha value is -1.51. The van der Waals surface area contributed by atoms with Gasteiger partial charge in [-0.2, -0.15) is 0 Å². The van der Waals surface area contributed by atoms with E-state index in [4.69, 9.17) is 0 Å². The summed E-state index contributed by atoms with van der Waals surface area (Å²) in [6.45, 7) is 7.94. The molecule has 0 saturated heterocycles. The van der Waals surface area contributed by atoms with Gasteiger partial charge in [-0.3, -0.25) is 10.1 Å². The molecule has 0 amide bonds. The Morgan fingerprint density at radius 3 is 2.24 bits per heavy atom. The molecule has 1 aromatic rings. The summed E-state index contributed by atoms with van der Waals surface area (Å²) >= 11 is 0. The highest BCUT2D eigenvalue weighted by atomic mass is 32.2. The van der Waals surface area contributed by atoms with Gasteiger partial charge < -0.3 is 5.32 Å². The van der Waals surface area contributed by atoms with Crippen LogP contribution in [0.3, 0.4) is 0 Å². The van der Waals surface area contributed by atoms with Crippen molar-refractivity contribution in [1.82, 2.24) is 10.0 Å². The van der Waals surface area contributed by atoms with Crippen LogP contribution in [0.15, 0.2) is 17.0 Å². The third-order valence-corrected chi connectivity index (χ3v) is 4.78. The topological polar surface area (TPSA) is 101 Å². The number of sulfonamides is 1. The average molecular weight is 315 g/mol. The lowest BCUT2D eigenvalue weighted by molar-refractivity contribution is -0.385. The minimum Gasteiger partial charge on any atom is -0.313 e. The van der Waals surface area contributed by atoms with E-state index < -0.39 is 14.9 Å². The largest absolute Gasteiger partial charge is 0.313 e. The number of nitro groups is 1. The number of nitrogens with one attached hydrogen (secondary N) is 2. The van der Waals surface area contributed by atoms with E-state index in [1.54, 1.807) is 13.8 Å². The van der Waals surface area contributed by atoms with Crippen molar-refractivity contribution in [2.45, 2.75) is 38.6 Å². The maximum atomic E-state index is 12.4. The Balaban J connectivity index is 3.06. The number of benzene rings is 1. The molecule has 0 aliphatic carbocycles. The summed E-state index contributed by atoms with van der Waals surface area (Å²) in [5.41, 5.74) is 0.626. The number of rotatable bonds is 7. The van der Waals surface area contributed by atoms with E-state index >= 15 is 0 Å². The second-order valence-electron chi connectivity index (χ2n) is 4.98. The molecule has 0 saturated carbocycles. The van der Waals surface area contributed by atoms with Crippen molar-refractivity contribution in [2.24, 2.45) is 0 Å². The lowest BCUT2D eigenvalue weighted by Crippen LogP contribution is -2.39. The fraction of sp³-hybridized carbons (Fsp3) is 0.538. The van der Waals surface area contributed by atoms with Gasteiger partial charge in [-0.05, 0) is 38.4 Å². The summed E-state index contributed by atoms with van der Waals surface area (Å²) < 4.78 is 27.2. The summed E-state index contributed by atoms with van der Waals surface area (Å²) in [6, 6.07) is 2.55. The molecule has 0 fully saturated rings. The molecule has 0 radical (unpaired) electrons. The molecule has 0 spiro atoms. The molecule has 0 heterocycles. The monoisotopic (exact) mass is 315 g/mol. The first-order chi connectivity index (χ1) is 9.69. The Morgan fingerprint density at radius 1 is 1.29 bits per heavy atom. The van der Waals surface area contributed by atoms with Crippen molar-refractivity contribution in [3.05, 3.63) is 33.4 Å². The molecule has 0 aliphatic heterocycles. The van der Waals surface area contributed by atoms with Gasteiger partial charge in [0.1, 0.15) is 0 Å². The van der Waals surface area contributed by atoms with Crippen LogP contribution in [0.4, 0.5) is 5.69 Å². The first-order valence-electron chi connectivity index (χ1n) is 6.67. The molecule has 7 nitrogen and oxygen atoms in total. The van der Waals surface area contributed by atoms with Gasteiger partial charge >= 0.3 is 0 Å². The highest BCUT2D eigenvalue weighted by molar-refractivity contribution is 7.89. The Labute approximate surface area is 124 Å². The van der Waals surface area contributed by atoms with Crippen LogP contribution in [-0.2, 0) is 10.0 Å². The molecule has 21 heavy (non-hydrogen) atoms. The van der Waals surface area contributed by atoms with Crippen LogP contribution in [0.2, 0.25) is 0 Å². The molecular formula is C13H21N3O4S. The number of non-ortho nitro benzene ring substituents is 1. The molecule has 1 aromatic carbocycles. The first kappa shape index (κ1) is 17.5. The van der Waals surface area contributed by atoms with E-state index in [9.17, 15) is 18.5 Å². The fourth-order valence-corrected chi connectivity index (χ4v) is 3.76. The maximum absolute atomic E-state index is 12.4. The SMILES string of the molecule is CCN[C@H](C)CNS(=O)(=O)c1c(C)cc([N+](=O)[O-])cc1C. The molecule has 8 heteroatoms. The number of hydrogen-bond donors (Lipinski definition) is 2. The van der Waals surface area contributed by atoms with E-state index in [-0.39, 0.29) is 23.2 Å². The number of nitro benzene ring substituents is 1. The van der Waals surface area contributed by atoms with Crippen molar-refractivity contribution >= 4 is 15.7 Å². The van der Waals surface area contributed by atoms with Crippen LogP contribution in [0.5, 0.6) is 0 Å². The van der Waals surface area contributed by atoms with Crippen LogP contribution in [0.1, 0.15) is 25.0 Å². The van der Waals surface area contributed by atoms with Crippen molar-refractivity contribution in [1.29, 1.82) is 0 Å². The predicted molar refractivity (Wildman–Crippen MR) is 80.9 cm³/mol. The van der Waals surface area contributed by atoms with Gasteiger partial charge in [0.05, 0.1) is 9.82 Å². The quantitative estimate of drug-likeness (QED) is 0.586. The molecular weight excluding hydrogens is 294 g/mol. The summed E-state index contributed by atoms with van der Waals surface area (Å²) in [6.07, 6.45) is 0. The molecule has 0 unspecified atom stereocenters. The number of hydrogen-bond acceptors (Lipinski definition) is 5. The molecule has 0 aromatic heterocycles. The van der Waals surface area contributed by atoms with Crippen molar-refractivity contribution in [3.63, 3.8) is 0 Å². The Morgan fingerprint density at radius 2 is 1.81 bits per heavy atom. The summed E-state index contributed by atoms with van der Waals surface area (Å²) in [4.78, 5) is 10.4.